The normalized spacial score (nSPS) is 9.82. The molecule has 0 heterocycles. The van der Waals surface area contributed by atoms with E-state index in [0.717, 1.165) is 0 Å². The van der Waals surface area contributed by atoms with Crippen LogP contribution in [0.15, 0.2) is 0 Å². The van der Waals surface area contributed by atoms with E-state index >= 15 is 0 Å². The molecule has 0 atom stereocenters. The Hall–Kier alpha value is -0.860. The maximum atomic E-state index is 10.8. The topological polar surface area (TPSA) is 46.2 Å². The summed E-state index contributed by atoms with van der Waals surface area (Å²) in [5.74, 6) is 0.170. The van der Waals surface area contributed by atoms with Crippen molar-refractivity contribution in [3.8, 4) is 0 Å². The van der Waals surface area contributed by atoms with Gasteiger partial charge in [-0.25, -0.2) is 0 Å². The highest BCUT2D eigenvalue weighted by atomic mass is 16.2. The van der Waals surface area contributed by atoms with Crippen LogP contribution >= 0.6 is 0 Å². The number of carbonyl (C=O) groups is 2. The second kappa shape index (κ2) is 4.88. The van der Waals surface area contributed by atoms with Crippen LogP contribution in [-0.4, -0.2) is 18.2 Å². The summed E-state index contributed by atoms with van der Waals surface area (Å²) in [6, 6.07) is 0. The molecule has 11 heavy (non-hydrogen) atoms. The minimum absolute atomic E-state index is 0.00667. The quantitative estimate of drug-likeness (QED) is 0.612. The van der Waals surface area contributed by atoms with E-state index in [1.165, 1.54) is 6.92 Å². The molecule has 0 aromatic carbocycles. The van der Waals surface area contributed by atoms with Crippen LogP contribution in [0.2, 0.25) is 0 Å². The maximum absolute atomic E-state index is 10.8. The molecule has 1 N–H and O–H groups in total. The van der Waals surface area contributed by atoms with Crippen LogP contribution in [0.25, 0.3) is 0 Å². The van der Waals surface area contributed by atoms with Crippen LogP contribution in [0, 0.1) is 5.92 Å². The second-order valence-electron chi connectivity index (χ2n) is 3.08. The smallest absolute Gasteiger partial charge is 0.227 e. The number of ketones is 1. The molecule has 64 valence electrons. The fourth-order valence-electron chi connectivity index (χ4n) is 0.607. The SMILES string of the molecule is CC(=O)CC(=O)NCC(C)C. The molecule has 0 unspecified atom stereocenters. The van der Waals surface area contributed by atoms with Crippen LogP contribution in [0.1, 0.15) is 27.2 Å². The standard InChI is InChI=1S/C8H15NO2/c1-6(2)5-9-8(11)4-7(3)10/h6H,4-5H2,1-3H3,(H,9,11). The van der Waals surface area contributed by atoms with Crippen molar-refractivity contribution in [1.29, 1.82) is 0 Å². The average Bonchev–Trinajstić information content (AvgIpc) is 1.82. The maximum Gasteiger partial charge on any atom is 0.227 e. The fraction of sp³-hybridized carbons (Fsp3) is 0.750. The third-order valence-electron chi connectivity index (χ3n) is 1.12. The molecular formula is C8H15NO2. The summed E-state index contributed by atoms with van der Waals surface area (Å²) in [7, 11) is 0. The highest BCUT2D eigenvalue weighted by Crippen LogP contribution is 1.88. The van der Waals surface area contributed by atoms with Crippen molar-refractivity contribution in [1.82, 2.24) is 5.32 Å². The van der Waals surface area contributed by atoms with E-state index in [1.54, 1.807) is 0 Å². The first kappa shape index (κ1) is 10.1. The van der Waals surface area contributed by atoms with E-state index in [1.807, 2.05) is 13.8 Å². The van der Waals surface area contributed by atoms with Gasteiger partial charge in [0.25, 0.3) is 0 Å². The summed E-state index contributed by atoms with van der Waals surface area (Å²) in [5.41, 5.74) is 0. The summed E-state index contributed by atoms with van der Waals surface area (Å²) in [5, 5.41) is 2.65. The van der Waals surface area contributed by atoms with E-state index in [-0.39, 0.29) is 18.1 Å². The molecule has 0 fully saturated rings. The van der Waals surface area contributed by atoms with Gasteiger partial charge in [0.15, 0.2) is 0 Å². The van der Waals surface area contributed by atoms with Crippen LogP contribution in [-0.2, 0) is 9.59 Å². The summed E-state index contributed by atoms with van der Waals surface area (Å²) >= 11 is 0. The monoisotopic (exact) mass is 157 g/mol. The number of nitrogens with one attached hydrogen (secondary N) is 1. The third-order valence-corrected chi connectivity index (χ3v) is 1.12. The van der Waals surface area contributed by atoms with Crippen molar-refractivity contribution in [3.05, 3.63) is 0 Å². The zero-order chi connectivity index (χ0) is 8.85. The Bertz CT molecular complexity index is 152. The Kier molecular flexibility index (Phi) is 4.50. The number of hydrogen-bond acceptors (Lipinski definition) is 2. The number of hydrogen-bond donors (Lipinski definition) is 1. The molecule has 0 aromatic heterocycles. The molecule has 3 heteroatoms. The molecule has 0 aromatic rings. The molecule has 1 amide bonds. The van der Waals surface area contributed by atoms with Gasteiger partial charge in [-0.05, 0) is 12.8 Å². The number of amides is 1. The highest BCUT2D eigenvalue weighted by Gasteiger charge is 2.04. The lowest BCUT2D eigenvalue weighted by atomic mass is 10.2. The largest absolute Gasteiger partial charge is 0.355 e. The average molecular weight is 157 g/mol. The van der Waals surface area contributed by atoms with Crippen molar-refractivity contribution in [2.24, 2.45) is 5.92 Å². The van der Waals surface area contributed by atoms with Crippen LogP contribution in [0.4, 0.5) is 0 Å². The van der Waals surface area contributed by atoms with Crippen LogP contribution in [0.5, 0.6) is 0 Å². The van der Waals surface area contributed by atoms with Crippen molar-refractivity contribution < 1.29 is 9.59 Å². The summed E-state index contributed by atoms with van der Waals surface area (Å²) in [6.45, 7) is 6.07. The van der Waals surface area contributed by atoms with Crippen molar-refractivity contribution in [2.45, 2.75) is 27.2 Å². The first-order chi connectivity index (χ1) is 5.02. The van der Waals surface area contributed by atoms with Gasteiger partial charge in [0, 0.05) is 6.54 Å². The van der Waals surface area contributed by atoms with Gasteiger partial charge in [-0.15, -0.1) is 0 Å². The Morgan fingerprint density at radius 3 is 2.27 bits per heavy atom. The van der Waals surface area contributed by atoms with Gasteiger partial charge < -0.3 is 5.32 Å². The lowest BCUT2D eigenvalue weighted by molar-refractivity contribution is -0.127. The van der Waals surface area contributed by atoms with E-state index < -0.39 is 0 Å². The lowest BCUT2D eigenvalue weighted by Crippen LogP contribution is -2.28. The van der Waals surface area contributed by atoms with Gasteiger partial charge in [-0.3, -0.25) is 9.59 Å². The first-order valence-corrected chi connectivity index (χ1v) is 3.78. The minimum Gasteiger partial charge on any atom is -0.355 e. The van der Waals surface area contributed by atoms with Gasteiger partial charge >= 0.3 is 0 Å². The third kappa shape index (κ3) is 7.03. The number of Topliss-reactive ketones (excluding diaryl/α,β-unsaturated/α-hetero) is 1. The van der Waals surface area contributed by atoms with Crippen LogP contribution < -0.4 is 5.32 Å². The Balaban J connectivity index is 3.46. The minimum atomic E-state index is -0.175. The van der Waals surface area contributed by atoms with Gasteiger partial charge in [0.2, 0.25) is 5.91 Å². The highest BCUT2D eigenvalue weighted by molar-refractivity contribution is 5.96. The molecule has 3 nitrogen and oxygen atoms in total. The van der Waals surface area contributed by atoms with Crippen LogP contribution in [0.3, 0.4) is 0 Å². The molecule has 0 aliphatic heterocycles. The van der Waals surface area contributed by atoms with Gasteiger partial charge in [-0.1, -0.05) is 13.8 Å². The predicted octanol–water partition coefficient (Wildman–Crippen LogP) is 0.738. The predicted molar refractivity (Wildman–Crippen MR) is 43.1 cm³/mol. The van der Waals surface area contributed by atoms with Gasteiger partial charge in [-0.2, -0.15) is 0 Å². The molecule has 0 saturated heterocycles. The Labute approximate surface area is 67.2 Å². The molecule has 0 bridgehead atoms. The summed E-state index contributed by atoms with van der Waals surface area (Å²) in [4.78, 5) is 21.3. The van der Waals surface area contributed by atoms with E-state index in [2.05, 4.69) is 5.32 Å². The van der Waals surface area contributed by atoms with Crippen molar-refractivity contribution >= 4 is 11.7 Å². The second-order valence-corrected chi connectivity index (χ2v) is 3.08. The first-order valence-electron chi connectivity index (χ1n) is 3.78. The van der Waals surface area contributed by atoms with Gasteiger partial charge in [0.05, 0.1) is 6.42 Å². The van der Waals surface area contributed by atoms with Crippen molar-refractivity contribution in [3.63, 3.8) is 0 Å². The molecule has 0 aliphatic rings. The van der Waals surface area contributed by atoms with E-state index in [9.17, 15) is 9.59 Å². The molecule has 0 rings (SSSR count). The van der Waals surface area contributed by atoms with E-state index in [0.29, 0.717) is 12.5 Å². The number of rotatable bonds is 4. The fourth-order valence-corrected chi connectivity index (χ4v) is 0.607. The zero-order valence-corrected chi connectivity index (χ0v) is 7.31. The molecular weight excluding hydrogens is 142 g/mol. The molecule has 0 radical (unpaired) electrons. The summed E-state index contributed by atoms with van der Waals surface area (Å²) < 4.78 is 0. The Morgan fingerprint density at radius 2 is 1.91 bits per heavy atom. The zero-order valence-electron chi connectivity index (χ0n) is 7.31. The number of carbonyl (C=O) groups excluding carboxylic acids is 2. The van der Waals surface area contributed by atoms with Crippen molar-refractivity contribution in [2.75, 3.05) is 6.54 Å². The molecule has 0 spiro atoms. The van der Waals surface area contributed by atoms with E-state index in [4.69, 9.17) is 0 Å². The summed E-state index contributed by atoms with van der Waals surface area (Å²) in [6.07, 6.45) is 0.00667. The Morgan fingerprint density at radius 1 is 1.36 bits per heavy atom. The molecule has 0 aliphatic carbocycles. The molecule has 0 saturated carbocycles. The lowest BCUT2D eigenvalue weighted by Gasteiger charge is -2.05. The van der Waals surface area contributed by atoms with Gasteiger partial charge in [0.1, 0.15) is 5.78 Å².